The van der Waals surface area contributed by atoms with Crippen LogP contribution in [0, 0.1) is 0 Å². The number of hydrogen-bond acceptors (Lipinski definition) is 4. The van der Waals surface area contributed by atoms with Crippen LogP contribution in [0.1, 0.15) is 20.7 Å². The van der Waals surface area contributed by atoms with Crippen LogP contribution in [0.3, 0.4) is 0 Å². The molecular weight excluding hydrogens is 352 g/mol. The molecule has 0 aliphatic heterocycles. The van der Waals surface area contributed by atoms with Crippen LogP contribution in [-0.2, 0) is 0 Å². The smallest absolute Gasteiger partial charge is 0.343 e. The van der Waals surface area contributed by atoms with Crippen molar-refractivity contribution in [3.8, 4) is 11.5 Å². The van der Waals surface area contributed by atoms with Crippen molar-refractivity contribution in [1.29, 1.82) is 0 Å². The van der Waals surface area contributed by atoms with Gasteiger partial charge in [0.25, 0.3) is 0 Å². The summed E-state index contributed by atoms with van der Waals surface area (Å²) >= 11 is 0. The molecule has 0 spiro atoms. The molecule has 4 aromatic carbocycles. The Morgan fingerprint density at radius 1 is 0.500 bits per heavy atom. The number of para-hydroxylation sites is 1. The van der Waals surface area contributed by atoms with E-state index in [1.807, 2.05) is 18.2 Å². The summed E-state index contributed by atoms with van der Waals surface area (Å²) in [5.74, 6) is 0.104. The Bertz CT molecular complexity index is 1140. The summed E-state index contributed by atoms with van der Waals surface area (Å²) in [6, 6.07) is 28.3. The van der Waals surface area contributed by atoms with Crippen molar-refractivity contribution in [2.24, 2.45) is 0 Å². The number of rotatable bonds is 4. The first-order chi connectivity index (χ1) is 13.7. The molecule has 136 valence electrons. The van der Waals surface area contributed by atoms with Crippen LogP contribution in [-0.4, -0.2) is 11.9 Å². The average molecular weight is 368 g/mol. The van der Waals surface area contributed by atoms with E-state index in [1.54, 1.807) is 78.9 Å². The monoisotopic (exact) mass is 368 g/mol. The van der Waals surface area contributed by atoms with Crippen LogP contribution in [0.5, 0.6) is 11.5 Å². The maximum absolute atomic E-state index is 12.3. The minimum absolute atomic E-state index is 0.414. The van der Waals surface area contributed by atoms with Crippen molar-refractivity contribution in [2.45, 2.75) is 0 Å². The Morgan fingerprint density at radius 2 is 1.07 bits per heavy atom. The van der Waals surface area contributed by atoms with Gasteiger partial charge < -0.3 is 9.47 Å². The second-order valence-corrected chi connectivity index (χ2v) is 6.18. The van der Waals surface area contributed by atoms with Crippen LogP contribution in [0.15, 0.2) is 97.1 Å². The number of esters is 2. The Kier molecular flexibility index (Phi) is 4.85. The van der Waals surface area contributed by atoms with Gasteiger partial charge in [-0.05, 0) is 59.3 Å². The molecule has 0 bridgehead atoms. The first-order valence-electron chi connectivity index (χ1n) is 8.77. The minimum atomic E-state index is -0.423. The van der Waals surface area contributed by atoms with E-state index < -0.39 is 11.9 Å². The highest BCUT2D eigenvalue weighted by Gasteiger charge is 2.11. The third-order valence-corrected chi connectivity index (χ3v) is 4.22. The van der Waals surface area contributed by atoms with Gasteiger partial charge in [-0.25, -0.2) is 9.59 Å². The molecule has 0 saturated carbocycles. The maximum atomic E-state index is 12.3. The van der Waals surface area contributed by atoms with Crippen molar-refractivity contribution >= 4 is 22.7 Å². The van der Waals surface area contributed by atoms with E-state index in [9.17, 15) is 9.59 Å². The highest BCUT2D eigenvalue weighted by molar-refractivity contribution is 5.97. The lowest BCUT2D eigenvalue weighted by atomic mass is 10.1. The van der Waals surface area contributed by atoms with Crippen LogP contribution < -0.4 is 9.47 Å². The van der Waals surface area contributed by atoms with E-state index in [2.05, 4.69) is 0 Å². The van der Waals surface area contributed by atoms with Crippen molar-refractivity contribution in [2.75, 3.05) is 0 Å². The minimum Gasteiger partial charge on any atom is -0.423 e. The van der Waals surface area contributed by atoms with Gasteiger partial charge in [0.15, 0.2) is 0 Å². The van der Waals surface area contributed by atoms with Gasteiger partial charge in [-0.3, -0.25) is 0 Å². The lowest BCUT2D eigenvalue weighted by Crippen LogP contribution is -2.08. The van der Waals surface area contributed by atoms with Crippen LogP contribution in [0.4, 0.5) is 0 Å². The van der Waals surface area contributed by atoms with Gasteiger partial charge in [0.05, 0.1) is 11.1 Å². The lowest BCUT2D eigenvalue weighted by molar-refractivity contribution is 0.0725. The largest absolute Gasteiger partial charge is 0.423 e. The molecule has 0 aliphatic rings. The van der Waals surface area contributed by atoms with Gasteiger partial charge in [-0.2, -0.15) is 0 Å². The molecular formula is C24H16O4. The summed E-state index contributed by atoms with van der Waals surface area (Å²) in [4.78, 5) is 24.5. The van der Waals surface area contributed by atoms with E-state index in [1.165, 1.54) is 0 Å². The molecule has 0 N–H and O–H groups in total. The Hall–Kier alpha value is -3.92. The van der Waals surface area contributed by atoms with Gasteiger partial charge in [0.2, 0.25) is 0 Å². The van der Waals surface area contributed by atoms with E-state index in [-0.39, 0.29) is 0 Å². The average Bonchev–Trinajstić information content (AvgIpc) is 2.74. The molecule has 0 saturated heterocycles. The van der Waals surface area contributed by atoms with Crippen molar-refractivity contribution in [3.05, 3.63) is 108 Å². The first kappa shape index (κ1) is 17.5. The highest BCUT2D eigenvalue weighted by Crippen LogP contribution is 2.23. The number of carbonyl (C=O) groups is 2. The molecule has 0 unspecified atom stereocenters. The zero-order chi connectivity index (χ0) is 19.3. The summed E-state index contributed by atoms with van der Waals surface area (Å²) in [6.07, 6.45) is 0. The standard InChI is InChI=1S/C24H16O4/c25-23(17-7-3-1-4-8-17)28-22-14-13-18-15-20(12-11-19(18)16-22)24(26)27-21-9-5-2-6-10-21/h1-16H. The van der Waals surface area contributed by atoms with Crippen LogP contribution in [0.2, 0.25) is 0 Å². The Balaban J connectivity index is 1.52. The fourth-order valence-corrected chi connectivity index (χ4v) is 2.81. The highest BCUT2D eigenvalue weighted by atomic mass is 16.5. The SMILES string of the molecule is O=C(Oc1ccc2cc(C(=O)Oc3ccccc3)ccc2c1)c1ccccc1. The van der Waals surface area contributed by atoms with E-state index >= 15 is 0 Å². The number of fused-ring (bicyclic) bond motifs is 1. The quantitative estimate of drug-likeness (QED) is 0.363. The van der Waals surface area contributed by atoms with Crippen molar-refractivity contribution < 1.29 is 19.1 Å². The first-order valence-corrected chi connectivity index (χ1v) is 8.77. The van der Waals surface area contributed by atoms with Gasteiger partial charge in [-0.1, -0.05) is 48.5 Å². The Morgan fingerprint density at radius 3 is 1.82 bits per heavy atom. The van der Waals surface area contributed by atoms with Gasteiger partial charge >= 0.3 is 11.9 Å². The van der Waals surface area contributed by atoms with Crippen LogP contribution in [0.25, 0.3) is 10.8 Å². The third kappa shape index (κ3) is 3.91. The molecule has 0 atom stereocenters. The number of benzene rings is 4. The molecule has 0 radical (unpaired) electrons. The van der Waals surface area contributed by atoms with Gasteiger partial charge in [-0.15, -0.1) is 0 Å². The lowest BCUT2D eigenvalue weighted by Gasteiger charge is -2.08. The normalized spacial score (nSPS) is 10.4. The molecule has 4 rings (SSSR count). The number of carbonyl (C=O) groups excluding carboxylic acids is 2. The van der Waals surface area contributed by atoms with E-state index in [4.69, 9.17) is 9.47 Å². The van der Waals surface area contributed by atoms with E-state index in [0.29, 0.717) is 22.6 Å². The molecule has 0 aromatic heterocycles. The predicted molar refractivity (Wildman–Crippen MR) is 107 cm³/mol. The summed E-state index contributed by atoms with van der Waals surface area (Å²) in [5, 5.41) is 1.71. The van der Waals surface area contributed by atoms with Crippen LogP contribution >= 0.6 is 0 Å². The summed E-state index contributed by atoms with van der Waals surface area (Å²) in [7, 11) is 0. The Labute approximate surface area is 162 Å². The molecule has 0 fully saturated rings. The van der Waals surface area contributed by atoms with Crippen molar-refractivity contribution in [3.63, 3.8) is 0 Å². The second kappa shape index (κ2) is 7.76. The molecule has 0 amide bonds. The number of hydrogen-bond donors (Lipinski definition) is 0. The summed E-state index contributed by atoms with van der Waals surface area (Å²) in [5.41, 5.74) is 0.937. The van der Waals surface area contributed by atoms with Gasteiger partial charge in [0.1, 0.15) is 11.5 Å². The second-order valence-electron chi connectivity index (χ2n) is 6.18. The van der Waals surface area contributed by atoms with Gasteiger partial charge in [0, 0.05) is 0 Å². The third-order valence-electron chi connectivity index (χ3n) is 4.22. The molecule has 4 nitrogen and oxygen atoms in total. The number of ether oxygens (including phenoxy) is 2. The molecule has 0 aliphatic carbocycles. The predicted octanol–water partition coefficient (Wildman–Crippen LogP) is 5.28. The maximum Gasteiger partial charge on any atom is 0.343 e. The molecule has 28 heavy (non-hydrogen) atoms. The molecule has 0 heterocycles. The fourth-order valence-electron chi connectivity index (χ4n) is 2.81. The summed E-state index contributed by atoms with van der Waals surface area (Å²) in [6.45, 7) is 0. The zero-order valence-electron chi connectivity index (χ0n) is 14.9. The molecule has 4 aromatic rings. The van der Waals surface area contributed by atoms with Crippen molar-refractivity contribution in [1.82, 2.24) is 0 Å². The topological polar surface area (TPSA) is 52.6 Å². The fraction of sp³-hybridized carbons (Fsp3) is 0. The summed E-state index contributed by atoms with van der Waals surface area (Å²) < 4.78 is 10.8. The zero-order valence-corrected chi connectivity index (χ0v) is 14.9. The molecule has 4 heteroatoms. The van der Waals surface area contributed by atoms with E-state index in [0.717, 1.165) is 10.8 Å².